The summed E-state index contributed by atoms with van der Waals surface area (Å²) in [7, 11) is 1.35. The normalized spacial score (nSPS) is 44.9. The van der Waals surface area contributed by atoms with Crippen LogP contribution in [0, 0.1) is 5.92 Å². The van der Waals surface area contributed by atoms with Crippen molar-refractivity contribution in [3.63, 3.8) is 0 Å². The van der Waals surface area contributed by atoms with Gasteiger partial charge in [0.25, 0.3) is 0 Å². The van der Waals surface area contributed by atoms with Gasteiger partial charge in [0.2, 0.25) is 0 Å². The van der Waals surface area contributed by atoms with Crippen molar-refractivity contribution in [2.24, 2.45) is 5.92 Å². The molecular weight excluding hydrogens is 1440 g/mol. The first-order valence-corrected chi connectivity index (χ1v) is 35.5. The number of carbonyl (C=O) groups excluding carboxylic acids is 2. The molecule has 21 aliphatic heterocycles. The first kappa shape index (κ1) is 86.1. The van der Waals surface area contributed by atoms with E-state index < -0.39 is 290 Å². The van der Waals surface area contributed by atoms with Crippen molar-refractivity contribution in [1.29, 1.82) is 0 Å². The fraction of sp³-hybridized carbons (Fsp3) is 0.932. The van der Waals surface area contributed by atoms with Crippen LogP contribution in [0.5, 0.6) is 0 Å². The second-order valence-electron chi connectivity index (χ2n) is 25.7. The Morgan fingerprint density at radius 2 is 0.602 bits per heavy atom. The lowest BCUT2D eigenvalue weighted by Crippen LogP contribution is -2.68. The molecule has 22 N–H and O–H groups in total. The van der Waals surface area contributed by atoms with Crippen molar-refractivity contribution in [2.75, 3.05) is 89.5 Å². The monoisotopic (exact) mass is 1540 g/mol. The molecule has 42 nitrogen and oxygen atoms in total. The number of carboxylic acid groups (broad SMARTS) is 2. The lowest BCUT2D eigenvalue weighted by atomic mass is 9.95. The van der Waals surface area contributed by atoms with Crippen LogP contribution in [-0.4, -0.2) is 441 Å². The summed E-state index contributed by atoms with van der Waals surface area (Å²) in [6.45, 7) is -3.91. The highest BCUT2D eigenvalue weighted by Gasteiger charge is 2.60. The zero-order valence-electron chi connectivity index (χ0n) is 55.5. The second-order valence-corrected chi connectivity index (χ2v) is 27.9. The van der Waals surface area contributed by atoms with Gasteiger partial charge in [0.15, 0.2) is 44.0 Å². The first-order chi connectivity index (χ1) is 49.0. The smallest absolute Gasteiger partial charge is 0.321 e. The third kappa shape index (κ3) is 21.0. The van der Waals surface area contributed by atoms with E-state index in [-0.39, 0.29) is 62.3 Å². The second kappa shape index (κ2) is 40.0. The predicted octanol–water partition coefficient (Wildman–Crippen LogP) is -13.0. The summed E-state index contributed by atoms with van der Waals surface area (Å²) >= 11 is 1.66. The van der Waals surface area contributed by atoms with Crippen molar-refractivity contribution in [3.8, 4) is 0 Å². The Bertz CT molecular complexity index is 2610. The van der Waals surface area contributed by atoms with E-state index in [1.807, 2.05) is 0 Å². The maximum Gasteiger partial charge on any atom is 0.321 e. The summed E-state index contributed by atoms with van der Waals surface area (Å²) in [5.74, 6) is -6.08. The molecule has 21 aliphatic rings. The Morgan fingerprint density at radius 1 is 0.350 bits per heavy atom. The molecule has 0 aliphatic carbocycles. The molecule has 21 heterocycles. The number of aliphatic hydroxyl groups excluding tert-OH is 19. The van der Waals surface area contributed by atoms with Crippen molar-refractivity contribution in [1.82, 2.24) is 5.32 Å². The van der Waals surface area contributed by atoms with Gasteiger partial charge in [0.05, 0.1) is 77.6 Å². The number of hydrogen-bond acceptors (Lipinski definition) is 42. The first-order valence-electron chi connectivity index (χ1n) is 33.2. The van der Waals surface area contributed by atoms with E-state index in [4.69, 9.17) is 75.8 Å². The van der Waals surface area contributed by atoms with Crippen LogP contribution in [0.1, 0.15) is 26.2 Å². The van der Waals surface area contributed by atoms with E-state index in [9.17, 15) is 126 Å². The largest absolute Gasteiger partial charge is 0.481 e. The average Bonchev–Trinajstić information content (AvgIpc) is 0.785. The topological polar surface area (TPSA) is 653 Å². The van der Waals surface area contributed by atoms with Gasteiger partial charge in [0.1, 0.15) is 176 Å². The van der Waals surface area contributed by atoms with Gasteiger partial charge in [-0.3, -0.25) is 19.2 Å². The summed E-state index contributed by atoms with van der Waals surface area (Å²) in [5, 5.41) is 239. The maximum absolute atomic E-state index is 13.0. The van der Waals surface area contributed by atoms with Crippen molar-refractivity contribution < 1.29 is 202 Å². The SMILES string of the molecule is CN[C@H](CSCC1O[C@H]2O[C@@H]3C(CO)O[C@@H](O[C@@H]4C(CO)O[C@H](O[C@@H]5C(CO)O[C@H](O[C@@H]6C(CSC[C@@H](CC(=O)CCOCCOCCC(C)=O)C(=O)O)O[C@H](O[C@@H]7C(CO)O[C@@H](O[C@@H]8C(CO)O[C@@H](O[C@H]1[C@H](O)C2O)C(O)[C@H]8O)C(O)[C@H]7O)C(O)[C@H]6O)C(O)[C@H]5O)C(O)[C@H]4O)C(O)[C@H]3O)C(=O)O. The van der Waals surface area contributed by atoms with Gasteiger partial charge < -0.3 is 188 Å². The van der Waals surface area contributed by atoms with Crippen LogP contribution < -0.4 is 5.32 Å². The number of Topliss-reactive ketones (excluding diaryl/α,β-unsaturated/α-hetero) is 2. The van der Waals surface area contributed by atoms with Crippen LogP contribution >= 0.6 is 23.5 Å². The van der Waals surface area contributed by atoms with Crippen LogP contribution in [0.15, 0.2) is 0 Å². The van der Waals surface area contributed by atoms with E-state index in [2.05, 4.69) is 5.32 Å². The van der Waals surface area contributed by atoms with E-state index in [0.29, 0.717) is 0 Å². The molecule has 14 unspecified atom stereocenters. The number of aliphatic hydroxyl groups is 19. The predicted molar refractivity (Wildman–Crippen MR) is 332 cm³/mol. The number of aliphatic carboxylic acids is 2. The number of nitrogens with one attached hydrogen (secondary N) is 1. The number of ketones is 2. The molecular formula is C59H97NO41S2. The molecule has 0 spiro atoms. The lowest BCUT2D eigenvalue weighted by molar-refractivity contribution is -0.395. The highest BCUT2D eigenvalue weighted by atomic mass is 32.2. The standard InChI is InChI=1S/C59H97NO41S2/c1-19(66)3-5-86-7-8-87-6-4-21(67)9-20(51(82)83)15-102-17-28-49-35(73)42(80)58(93-28)98-47-26(13-64)89-55(38(76)31(47)69)97-46-25(12-63)92-57(41(79)34(46)72)101-50-29(18-103-16-22(60-2)52(84)85)94-59(43(81)36(50)74)99-48-27(14-65)90-54(39(77)32(48)70)95-44-23(10-61)88-53(37(75)30(44)68)96-45-24(11-62)91-56(100-49)40(78)33(45)71/h20,22-50,53-65,68-81H,3-18H2,1-2H3,(H,82,83)(H,84,85)/t20-,22-,23?,24?,25?,26?,27?,28?,29?,30-,31-,32-,33-,34-,35-,36-,37?,38?,39?,40?,41?,42?,43?,44-,45-,46-,47-,48-,49-,50-,53-,54+,55+,56-,57+,58-,59+/m1/s1. The maximum atomic E-state index is 13.0. The number of likely N-dealkylation sites (N-methyl/N-ethyl adjacent to an activating group) is 1. The van der Waals surface area contributed by atoms with E-state index >= 15 is 0 Å². The molecule has 0 saturated carbocycles. The van der Waals surface area contributed by atoms with Gasteiger partial charge in [-0.2, -0.15) is 23.5 Å². The average molecular weight is 1540 g/mol. The van der Waals surface area contributed by atoms with E-state index in [1.54, 1.807) is 0 Å². The third-order valence-electron chi connectivity index (χ3n) is 18.6. The Labute approximate surface area is 595 Å². The summed E-state index contributed by atoms with van der Waals surface area (Å²) in [6.07, 6.45) is -73.1. The summed E-state index contributed by atoms with van der Waals surface area (Å²) < 4.78 is 93.3. The quantitative estimate of drug-likeness (QED) is 0.0340. The Morgan fingerprint density at radius 3 is 0.845 bits per heavy atom. The van der Waals surface area contributed by atoms with Crippen LogP contribution in [0.3, 0.4) is 0 Å². The molecule has 0 amide bonds. The number of carboxylic acids is 2. The summed E-state index contributed by atoms with van der Waals surface area (Å²) in [5.41, 5.74) is 0. The molecule has 14 bridgehead atoms. The fourth-order valence-corrected chi connectivity index (χ4v) is 15.0. The highest BCUT2D eigenvalue weighted by molar-refractivity contribution is 7.99. The van der Waals surface area contributed by atoms with Gasteiger partial charge in [-0.1, -0.05) is 0 Å². The van der Waals surface area contributed by atoms with Gasteiger partial charge in [0, 0.05) is 42.3 Å². The Balaban J connectivity index is 1.08. The summed E-state index contributed by atoms with van der Waals surface area (Å²) in [6, 6.07) is -1.18. The third-order valence-corrected chi connectivity index (χ3v) is 20.9. The van der Waals surface area contributed by atoms with Crippen LogP contribution in [0.2, 0.25) is 0 Å². The number of hydrogen-bond donors (Lipinski definition) is 22. The van der Waals surface area contributed by atoms with Crippen LogP contribution in [0.25, 0.3) is 0 Å². The van der Waals surface area contributed by atoms with Crippen molar-refractivity contribution in [2.45, 2.75) is 247 Å². The molecule has 37 atom stereocenters. The molecule has 0 radical (unpaired) electrons. The molecule has 44 heteroatoms. The van der Waals surface area contributed by atoms with Crippen molar-refractivity contribution in [3.05, 3.63) is 0 Å². The zero-order valence-corrected chi connectivity index (χ0v) is 57.2. The molecule has 0 aromatic carbocycles. The number of rotatable bonds is 27. The number of carbonyl (C=O) groups is 4. The fourth-order valence-electron chi connectivity index (χ4n) is 12.6. The van der Waals surface area contributed by atoms with E-state index in [0.717, 1.165) is 23.5 Å². The zero-order chi connectivity index (χ0) is 75.4. The van der Waals surface area contributed by atoms with Gasteiger partial charge in [-0.15, -0.1) is 0 Å². The number of ether oxygens (including phenoxy) is 16. The molecule has 596 valence electrons. The number of thioether (sulfide) groups is 2. The van der Waals surface area contributed by atoms with Crippen molar-refractivity contribution >= 4 is 47.0 Å². The van der Waals surface area contributed by atoms with Gasteiger partial charge in [-0.05, 0) is 14.0 Å². The Hall–Kier alpha value is -2.46. The van der Waals surface area contributed by atoms with Crippen LogP contribution in [0.4, 0.5) is 0 Å². The Kier molecular flexibility index (Phi) is 33.4. The molecule has 103 heavy (non-hydrogen) atoms. The van der Waals surface area contributed by atoms with Gasteiger partial charge >= 0.3 is 11.9 Å². The molecule has 21 rings (SSSR count). The minimum atomic E-state index is -2.31. The molecule has 0 aromatic heterocycles. The van der Waals surface area contributed by atoms with Gasteiger partial charge in [-0.25, -0.2) is 0 Å². The minimum absolute atomic E-state index is 0.0645. The van der Waals surface area contributed by atoms with Crippen LogP contribution in [-0.2, 0) is 95.0 Å². The lowest BCUT2D eigenvalue weighted by Gasteiger charge is -2.50. The molecule has 0 aromatic rings. The minimum Gasteiger partial charge on any atom is -0.481 e. The highest BCUT2D eigenvalue weighted by Crippen LogP contribution is 2.40. The van der Waals surface area contributed by atoms with E-state index in [1.165, 1.54) is 14.0 Å². The summed E-state index contributed by atoms with van der Waals surface area (Å²) in [4.78, 5) is 48.7. The molecule has 21 fully saturated rings. The molecule has 21 saturated heterocycles.